The maximum atomic E-state index is 4.59. The van der Waals surface area contributed by atoms with Crippen molar-refractivity contribution in [2.75, 3.05) is 0 Å². The van der Waals surface area contributed by atoms with Crippen molar-refractivity contribution in [1.82, 2.24) is 0 Å². The fraction of sp³-hybridized carbons (Fsp3) is 0.684. The monoisotopic (exact) mass is 372 g/mol. The molecule has 0 heterocycles. The van der Waals surface area contributed by atoms with Crippen LogP contribution in [-0.4, -0.2) is 13.8 Å². The van der Waals surface area contributed by atoms with E-state index < -0.39 is 0 Å². The Bertz CT molecular complexity index is 326. The van der Waals surface area contributed by atoms with Crippen molar-refractivity contribution in [2.24, 2.45) is 0 Å². The van der Waals surface area contributed by atoms with Crippen molar-refractivity contribution in [3.63, 3.8) is 0 Å². The van der Waals surface area contributed by atoms with Gasteiger partial charge in [-0.05, 0) is 0 Å². The third-order valence-electron chi connectivity index (χ3n) is 4.12. The molecule has 1 unspecified atom stereocenters. The molecule has 0 aliphatic rings. The van der Waals surface area contributed by atoms with Gasteiger partial charge in [0.15, 0.2) is 0 Å². The van der Waals surface area contributed by atoms with Gasteiger partial charge in [0.05, 0.1) is 0 Å². The molecule has 0 aliphatic carbocycles. The van der Waals surface area contributed by atoms with Crippen LogP contribution < -0.4 is 0 Å². The van der Waals surface area contributed by atoms with E-state index in [0.29, 0.717) is 18.7 Å². The second-order valence-corrected chi connectivity index (χ2v) is 8.71. The van der Waals surface area contributed by atoms with E-state index in [1.807, 2.05) is 0 Å². The molecule has 0 saturated heterocycles. The predicted molar refractivity (Wildman–Crippen MR) is 100 cm³/mol. The summed E-state index contributed by atoms with van der Waals surface area (Å²) >= 11 is 5.02. The van der Waals surface area contributed by atoms with Crippen LogP contribution in [0, 0.1) is 0 Å². The van der Waals surface area contributed by atoms with Crippen LogP contribution in [0.15, 0.2) is 30.3 Å². The standard InChI is InChI=1S/C19H32SSe/c1-2-3-4-5-6-7-8-9-10-14-17-19(21-20)18-15-12-11-13-16-18/h11-13,15-16,19-20H,2-10,14,17H2,1H3. The Labute approximate surface area is 143 Å². The minimum atomic E-state index is 0.431. The van der Waals surface area contributed by atoms with E-state index >= 15 is 0 Å². The summed E-state index contributed by atoms with van der Waals surface area (Å²) in [5.41, 5.74) is 1.49. The summed E-state index contributed by atoms with van der Waals surface area (Å²) in [6, 6.07) is 10.9. The molecule has 21 heavy (non-hydrogen) atoms. The Morgan fingerprint density at radius 2 is 1.33 bits per heavy atom. The number of hydrogen-bond donors (Lipinski definition) is 1. The molecule has 0 bridgehead atoms. The first-order valence-corrected chi connectivity index (χ1v) is 12.4. The molecule has 0 aromatic heterocycles. The molecular formula is C19H32SSe. The fourth-order valence-corrected chi connectivity index (χ4v) is 5.10. The van der Waals surface area contributed by atoms with E-state index in [0.717, 1.165) is 0 Å². The van der Waals surface area contributed by atoms with Gasteiger partial charge in [0.1, 0.15) is 0 Å². The zero-order valence-corrected chi connectivity index (χ0v) is 16.2. The molecule has 1 rings (SSSR count). The molecular weight excluding hydrogens is 339 g/mol. The van der Waals surface area contributed by atoms with Crippen LogP contribution in [0.4, 0.5) is 0 Å². The molecule has 2 heteroatoms. The quantitative estimate of drug-likeness (QED) is 0.226. The molecule has 1 aromatic carbocycles. The molecule has 1 atom stereocenters. The van der Waals surface area contributed by atoms with Gasteiger partial charge in [0, 0.05) is 0 Å². The van der Waals surface area contributed by atoms with Crippen molar-refractivity contribution in [2.45, 2.75) is 82.4 Å². The number of unbranched alkanes of at least 4 members (excludes halogenated alkanes) is 9. The van der Waals surface area contributed by atoms with E-state index in [2.05, 4.69) is 48.3 Å². The fourth-order valence-electron chi connectivity index (χ4n) is 2.77. The Balaban J connectivity index is 1.98. The SMILES string of the molecule is CCCCCCCCCCCCC([Se]S)c1ccccc1. The average Bonchev–Trinajstić information content (AvgIpc) is 2.54. The van der Waals surface area contributed by atoms with Crippen LogP contribution in [0.1, 0.15) is 87.9 Å². The molecule has 0 fully saturated rings. The molecule has 0 nitrogen and oxygen atoms in total. The van der Waals surface area contributed by atoms with Gasteiger partial charge in [-0.3, -0.25) is 0 Å². The van der Waals surface area contributed by atoms with Gasteiger partial charge in [0.25, 0.3) is 0 Å². The third kappa shape index (κ3) is 9.66. The van der Waals surface area contributed by atoms with Crippen LogP contribution >= 0.6 is 11.0 Å². The summed E-state index contributed by atoms with van der Waals surface area (Å²) in [7, 11) is 0. The van der Waals surface area contributed by atoms with Crippen LogP contribution in [0.3, 0.4) is 0 Å². The molecule has 0 saturated carbocycles. The van der Waals surface area contributed by atoms with Crippen molar-refractivity contribution >= 4 is 24.9 Å². The Hall–Kier alpha value is 0.0895. The zero-order valence-electron chi connectivity index (χ0n) is 13.6. The average molecular weight is 371 g/mol. The van der Waals surface area contributed by atoms with Crippen LogP contribution in [0.2, 0.25) is 0 Å². The number of thiol groups is 1. The van der Waals surface area contributed by atoms with Crippen LogP contribution in [0.5, 0.6) is 0 Å². The second-order valence-electron chi connectivity index (χ2n) is 5.98. The van der Waals surface area contributed by atoms with Gasteiger partial charge in [-0.2, -0.15) is 0 Å². The Kier molecular flexibility index (Phi) is 12.5. The molecule has 0 spiro atoms. The van der Waals surface area contributed by atoms with Crippen molar-refractivity contribution in [3.05, 3.63) is 35.9 Å². The van der Waals surface area contributed by atoms with Gasteiger partial charge in [-0.15, -0.1) is 0 Å². The topological polar surface area (TPSA) is 0 Å². The van der Waals surface area contributed by atoms with Crippen LogP contribution in [-0.2, 0) is 0 Å². The van der Waals surface area contributed by atoms with E-state index in [4.69, 9.17) is 0 Å². The van der Waals surface area contributed by atoms with Gasteiger partial charge in [0.2, 0.25) is 0 Å². The maximum absolute atomic E-state index is 4.59. The summed E-state index contributed by atoms with van der Waals surface area (Å²) in [4.78, 5) is 0.705. The predicted octanol–water partition coefficient (Wildman–Crippen LogP) is 6.59. The van der Waals surface area contributed by atoms with Gasteiger partial charge in [-0.1, -0.05) is 6.92 Å². The number of hydrogen-bond acceptors (Lipinski definition) is 1. The summed E-state index contributed by atoms with van der Waals surface area (Å²) < 4.78 is 0. The number of rotatable bonds is 13. The molecule has 0 N–H and O–H groups in total. The Morgan fingerprint density at radius 3 is 1.86 bits per heavy atom. The van der Waals surface area contributed by atoms with Crippen LogP contribution in [0.25, 0.3) is 0 Å². The van der Waals surface area contributed by atoms with E-state index in [1.54, 1.807) is 0 Å². The summed E-state index contributed by atoms with van der Waals surface area (Å²) in [5.74, 6) is 0. The van der Waals surface area contributed by atoms with Gasteiger partial charge >= 0.3 is 136 Å². The molecule has 0 radical (unpaired) electrons. The summed E-state index contributed by atoms with van der Waals surface area (Å²) in [6.45, 7) is 2.29. The van der Waals surface area contributed by atoms with Gasteiger partial charge < -0.3 is 0 Å². The van der Waals surface area contributed by atoms with E-state index in [-0.39, 0.29) is 0 Å². The molecule has 1 aromatic rings. The van der Waals surface area contributed by atoms with Crippen molar-refractivity contribution < 1.29 is 0 Å². The minimum absolute atomic E-state index is 0.431. The van der Waals surface area contributed by atoms with Gasteiger partial charge in [-0.25, -0.2) is 0 Å². The first-order chi connectivity index (χ1) is 10.4. The molecule has 0 amide bonds. The third-order valence-corrected chi connectivity index (χ3v) is 7.04. The first-order valence-electron chi connectivity index (χ1n) is 8.73. The second kappa shape index (κ2) is 13.7. The molecule has 0 aliphatic heterocycles. The first kappa shape index (κ1) is 19.1. The molecule has 120 valence electrons. The van der Waals surface area contributed by atoms with Crippen molar-refractivity contribution in [3.8, 4) is 0 Å². The number of benzene rings is 1. The zero-order chi connectivity index (χ0) is 15.2. The summed E-state index contributed by atoms with van der Waals surface area (Å²) in [5, 5.41) is 0. The van der Waals surface area contributed by atoms with E-state index in [1.165, 1.54) is 76.2 Å². The van der Waals surface area contributed by atoms with E-state index in [9.17, 15) is 0 Å². The summed E-state index contributed by atoms with van der Waals surface area (Å²) in [6.07, 6.45) is 15.5. The Morgan fingerprint density at radius 1 is 0.810 bits per heavy atom. The van der Waals surface area contributed by atoms with Crippen molar-refractivity contribution in [1.29, 1.82) is 0 Å². The normalized spacial score (nSPS) is 12.5.